The summed E-state index contributed by atoms with van der Waals surface area (Å²) in [5.41, 5.74) is 1.59. The molecule has 1 N–H and O–H groups in total. The Morgan fingerprint density at radius 1 is 1.32 bits per heavy atom. The highest BCUT2D eigenvalue weighted by Gasteiger charge is 2.35. The van der Waals surface area contributed by atoms with E-state index in [1.807, 2.05) is 13.0 Å². The topological polar surface area (TPSA) is 67.2 Å². The molecule has 0 radical (unpaired) electrons. The van der Waals surface area contributed by atoms with Crippen molar-refractivity contribution in [2.75, 3.05) is 11.4 Å². The number of hydrogen-bond donors (Lipinski definition) is 1. The molecule has 8 heteroatoms. The molecular weight excluding hydrogens is 363 g/mol. The summed E-state index contributed by atoms with van der Waals surface area (Å²) in [7, 11) is 1.80. The van der Waals surface area contributed by atoms with Crippen molar-refractivity contribution in [3.05, 3.63) is 45.6 Å². The van der Waals surface area contributed by atoms with E-state index in [-0.39, 0.29) is 18.2 Å². The average molecular weight is 381 g/mol. The van der Waals surface area contributed by atoms with Crippen molar-refractivity contribution in [2.45, 2.75) is 25.8 Å². The Labute approximate surface area is 155 Å². The normalized spacial score (nSPS) is 17.2. The predicted molar refractivity (Wildman–Crippen MR) is 97.0 cm³/mol. The first-order valence-corrected chi connectivity index (χ1v) is 8.66. The van der Waals surface area contributed by atoms with Crippen LogP contribution < -0.4 is 10.2 Å². The van der Waals surface area contributed by atoms with Crippen molar-refractivity contribution < 1.29 is 9.59 Å². The van der Waals surface area contributed by atoms with Crippen molar-refractivity contribution in [2.24, 2.45) is 7.05 Å². The molecule has 2 amide bonds. The number of nitrogens with one attached hydrogen (secondary N) is 1. The first-order valence-electron chi connectivity index (χ1n) is 7.90. The molecule has 3 rings (SSSR count). The van der Waals surface area contributed by atoms with Crippen LogP contribution in [-0.2, 0) is 23.1 Å². The standard InChI is InChI=1S/C17H18Cl2N4O2/c1-10-7-16(22(2)21-10)23-6-5-14(17(23)25)20-15(24)9-11-3-4-12(18)13(19)8-11/h3-4,7-8,14H,5-6,9H2,1-2H3,(H,20,24). The number of nitrogens with zero attached hydrogens (tertiary/aromatic N) is 3. The quantitative estimate of drug-likeness (QED) is 0.885. The zero-order valence-electron chi connectivity index (χ0n) is 13.9. The molecule has 132 valence electrons. The summed E-state index contributed by atoms with van der Waals surface area (Å²) in [6.45, 7) is 2.43. The van der Waals surface area contributed by atoms with Crippen LogP contribution in [0, 0.1) is 6.92 Å². The number of aryl methyl sites for hydroxylation is 2. The number of hydrogen-bond acceptors (Lipinski definition) is 3. The zero-order valence-corrected chi connectivity index (χ0v) is 15.4. The van der Waals surface area contributed by atoms with Crippen LogP contribution in [0.3, 0.4) is 0 Å². The van der Waals surface area contributed by atoms with Crippen LogP contribution in [0.2, 0.25) is 10.0 Å². The molecule has 25 heavy (non-hydrogen) atoms. The number of anilines is 1. The second-order valence-electron chi connectivity index (χ2n) is 6.09. The van der Waals surface area contributed by atoms with Gasteiger partial charge < -0.3 is 5.32 Å². The molecular formula is C17H18Cl2N4O2. The number of carbonyl (C=O) groups excluding carboxylic acids is 2. The summed E-state index contributed by atoms with van der Waals surface area (Å²) in [6.07, 6.45) is 0.710. The van der Waals surface area contributed by atoms with Crippen molar-refractivity contribution in [1.29, 1.82) is 0 Å². The third-order valence-electron chi connectivity index (χ3n) is 4.14. The number of amides is 2. The average Bonchev–Trinajstić information content (AvgIpc) is 3.05. The van der Waals surface area contributed by atoms with Gasteiger partial charge in [-0.25, -0.2) is 0 Å². The molecule has 0 spiro atoms. The Kier molecular flexibility index (Phi) is 5.01. The van der Waals surface area contributed by atoms with Crippen LogP contribution in [0.1, 0.15) is 17.7 Å². The van der Waals surface area contributed by atoms with Crippen molar-refractivity contribution in [3.8, 4) is 0 Å². The van der Waals surface area contributed by atoms with E-state index in [0.29, 0.717) is 23.0 Å². The van der Waals surface area contributed by atoms with E-state index in [0.717, 1.165) is 17.1 Å². The maximum Gasteiger partial charge on any atom is 0.250 e. The summed E-state index contributed by atoms with van der Waals surface area (Å²) in [4.78, 5) is 26.5. The molecule has 1 unspecified atom stereocenters. The minimum absolute atomic E-state index is 0.120. The third kappa shape index (κ3) is 3.80. The second-order valence-corrected chi connectivity index (χ2v) is 6.91. The van der Waals surface area contributed by atoms with Crippen LogP contribution in [0.5, 0.6) is 0 Å². The molecule has 2 aromatic rings. The Morgan fingerprint density at radius 2 is 2.08 bits per heavy atom. The molecule has 6 nitrogen and oxygen atoms in total. The highest BCUT2D eigenvalue weighted by Crippen LogP contribution is 2.24. The molecule has 2 heterocycles. The Hall–Kier alpha value is -2.05. The summed E-state index contributed by atoms with van der Waals surface area (Å²) >= 11 is 11.8. The highest BCUT2D eigenvalue weighted by atomic mass is 35.5. The van der Waals surface area contributed by atoms with Gasteiger partial charge in [-0.1, -0.05) is 29.3 Å². The van der Waals surface area contributed by atoms with Gasteiger partial charge in [-0.2, -0.15) is 5.10 Å². The van der Waals surface area contributed by atoms with Crippen molar-refractivity contribution in [3.63, 3.8) is 0 Å². The fraction of sp³-hybridized carbons (Fsp3) is 0.353. The molecule has 1 aromatic carbocycles. The van der Waals surface area contributed by atoms with Gasteiger partial charge in [0.1, 0.15) is 11.9 Å². The van der Waals surface area contributed by atoms with E-state index < -0.39 is 6.04 Å². The molecule has 1 saturated heterocycles. The lowest BCUT2D eigenvalue weighted by Crippen LogP contribution is -2.42. The number of benzene rings is 1. The summed E-state index contributed by atoms with van der Waals surface area (Å²) in [5, 5.41) is 7.91. The van der Waals surface area contributed by atoms with Gasteiger partial charge in [0.05, 0.1) is 22.2 Å². The van der Waals surface area contributed by atoms with Gasteiger partial charge in [0.15, 0.2) is 0 Å². The van der Waals surface area contributed by atoms with Gasteiger partial charge in [0.25, 0.3) is 5.91 Å². The smallest absolute Gasteiger partial charge is 0.250 e. The lowest BCUT2D eigenvalue weighted by atomic mass is 10.1. The Morgan fingerprint density at radius 3 is 2.72 bits per heavy atom. The summed E-state index contributed by atoms with van der Waals surface area (Å²) < 4.78 is 1.67. The molecule has 0 saturated carbocycles. The van der Waals surface area contributed by atoms with Gasteiger partial charge in [-0.15, -0.1) is 0 Å². The fourth-order valence-electron chi connectivity index (χ4n) is 2.97. The van der Waals surface area contributed by atoms with E-state index in [2.05, 4.69) is 10.4 Å². The molecule has 1 aliphatic heterocycles. The Balaban J connectivity index is 1.63. The van der Waals surface area contributed by atoms with Crippen LogP contribution in [0.4, 0.5) is 5.82 Å². The van der Waals surface area contributed by atoms with Crippen molar-refractivity contribution >= 4 is 40.8 Å². The molecule has 1 aliphatic rings. The van der Waals surface area contributed by atoms with Gasteiger partial charge in [0, 0.05) is 19.7 Å². The van der Waals surface area contributed by atoms with Gasteiger partial charge in [-0.3, -0.25) is 19.2 Å². The van der Waals surface area contributed by atoms with Crippen LogP contribution in [0.15, 0.2) is 24.3 Å². The van der Waals surface area contributed by atoms with Gasteiger partial charge >= 0.3 is 0 Å². The lowest BCUT2D eigenvalue weighted by molar-refractivity contribution is -0.126. The molecule has 0 aliphatic carbocycles. The summed E-state index contributed by atoms with van der Waals surface area (Å²) in [5.74, 6) is 0.397. The van der Waals surface area contributed by atoms with E-state index in [4.69, 9.17) is 23.2 Å². The van der Waals surface area contributed by atoms with Gasteiger partial charge in [0.2, 0.25) is 5.91 Å². The fourth-order valence-corrected chi connectivity index (χ4v) is 3.29. The number of carbonyl (C=O) groups is 2. The maximum absolute atomic E-state index is 12.6. The maximum atomic E-state index is 12.6. The van der Waals surface area contributed by atoms with Crippen LogP contribution >= 0.6 is 23.2 Å². The SMILES string of the molecule is Cc1cc(N2CCC(NC(=O)Cc3ccc(Cl)c(Cl)c3)C2=O)n(C)n1. The monoisotopic (exact) mass is 380 g/mol. The van der Waals surface area contributed by atoms with Crippen LogP contribution in [0.25, 0.3) is 0 Å². The number of aromatic nitrogens is 2. The minimum Gasteiger partial charge on any atom is -0.344 e. The van der Waals surface area contributed by atoms with E-state index in [1.165, 1.54) is 0 Å². The van der Waals surface area contributed by atoms with Crippen molar-refractivity contribution in [1.82, 2.24) is 15.1 Å². The Bertz CT molecular complexity index is 834. The second kappa shape index (κ2) is 7.06. The summed E-state index contributed by atoms with van der Waals surface area (Å²) in [6, 6.07) is 6.39. The van der Waals surface area contributed by atoms with Crippen LogP contribution in [-0.4, -0.2) is 34.2 Å². The molecule has 1 atom stereocenters. The third-order valence-corrected chi connectivity index (χ3v) is 4.88. The lowest BCUT2D eigenvalue weighted by Gasteiger charge is -2.17. The minimum atomic E-state index is -0.523. The first-order chi connectivity index (χ1) is 11.8. The van der Waals surface area contributed by atoms with Gasteiger partial charge in [-0.05, 0) is 31.0 Å². The van der Waals surface area contributed by atoms with E-state index in [1.54, 1.807) is 34.8 Å². The van der Waals surface area contributed by atoms with E-state index >= 15 is 0 Å². The number of halogens is 2. The predicted octanol–water partition coefficient (Wildman–Crippen LogP) is 2.50. The highest BCUT2D eigenvalue weighted by molar-refractivity contribution is 6.42. The molecule has 1 aromatic heterocycles. The zero-order chi connectivity index (χ0) is 18.1. The largest absolute Gasteiger partial charge is 0.344 e. The van der Waals surface area contributed by atoms with E-state index in [9.17, 15) is 9.59 Å². The number of rotatable bonds is 4. The first kappa shape index (κ1) is 17.8. The molecule has 1 fully saturated rings. The molecule has 0 bridgehead atoms.